The number of carbonyl (C=O) groups is 1. The molecular weight excluding hydrogens is 350 g/mol. The zero-order valence-corrected chi connectivity index (χ0v) is 16.6. The van der Waals surface area contributed by atoms with Gasteiger partial charge < -0.3 is 15.4 Å². The summed E-state index contributed by atoms with van der Waals surface area (Å²) in [6, 6.07) is 13.9. The zero-order valence-electron chi connectivity index (χ0n) is 16.6. The van der Waals surface area contributed by atoms with E-state index in [0.29, 0.717) is 17.7 Å². The third-order valence-electron chi connectivity index (χ3n) is 4.99. The van der Waals surface area contributed by atoms with Crippen LogP contribution >= 0.6 is 0 Å². The van der Waals surface area contributed by atoms with Crippen molar-refractivity contribution in [1.82, 2.24) is 0 Å². The number of nitrogens with two attached hydrogens (primary N) is 1. The van der Waals surface area contributed by atoms with Gasteiger partial charge in [-0.25, -0.2) is 4.79 Å². The molecule has 0 spiro atoms. The average molecular weight is 377 g/mol. The second-order valence-corrected chi connectivity index (χ2v) is 7.54. The summed E-state index contributed by atoms with van der Waals surface area (Å²) < 4.78 is 5.39. The van der Waals surface area contributed by atoms with Crippen LogP contribution in [0.5, 0.6) is 0 Å². The Hall–Kier alpha value is -2.84. The maximum Gasteiger partial charge on any atom is 0.338 e. The Morgan fingerprint density at radius 2 is 2.07 bits per heavy atom. The molecule has 1 aliphatic rings. The number of fused-ring (bicyclic) bond motifs is 1. The Labute approximate surface area is 166 Å². The number of anilines is 1. The molecular formula is C23H27N3O2. The smallest absolute Gasteiger partial charge is 0.338 e. The summed E-state index contributed by atoms with van der Waals surface area (Å²) in [4.78, 5) is 14.3. The van der Waals surface area contributed by atoms with E-state index in [-0.39, 0.29) is 12.0 Å². The molecule has 0 aliphatic carbocycles. The molecule has 0 radical (unpaired) electrons. The highest BCUT2D eigenvalue weighted by atomic mass is 16.5. The first-order chi connectivity index (χ1) is 13.5. The van der Waals surface area contributed by atoms with Crippen molar-refractivity contribution < 1.29 is 9.53 Å². The molecule has 2 N–H and O–H groups in total. The van der Waals surface area contributed by atoms with Crippen molar-refractivity contribution in [3.05, 3.63) is 64.2 Å². The number of rotatable bonds is 7. The van der Waals surface area contributed by atoms with Crippen molar-refractivity contribution in [2.45, 2.75) is 39.2 Å². The molecule has 2 aromatic rings. The molecule has 146 valence electrons. The zero-order chi connectivity index (χ0) is 20.1. The van der Waals surface area contributed by atoms with Gasteiger partial charge in [0.2, 0.25) is 0 Å². The summed E-state index contributed by atoms with van der Waals surface area (Å²) in [5, 5.41) is 9.59. The quantitative estimate of drug-likeness (QED) is 0.591. The molecule has 0 saturated heterocycles. The molecule has 0 unspecified atom stereocenters. The van der Waals surface area contributed by atoms with Gasteiger partial charge in [-0.1, -0.05) is 23.8 Å². The van der Waals surface area contributed by atoms with Gasteiger partial charge in [-0.15, -0.1) is 0 Å². The number of esters is 1. The maximum atomic E-state index is 12.1. The molecule has 1 atom stereocenters. The highest BCUT2D eigenvalue weighted by Gasteiger charge is 2.23. The van der Waals surface area contributed by atoms with Crippen molar-refractivity contribution in [2.75, 3.05) is 24.6 Å². The number of ether oxygens (including phenoxy) is 1. The van der Waals surface area contributed by atoms with Gasteiger partial charge in [0.15, 0.2) is 0 Å². The minimum Gasteiger partial charge on any atom is -0.462 e. The van der Waals surface area contributed by atoms with Crippen molar-refractivity contribution in [3.8, 4) is 6.07 Å². The Morgan fingerprint density at radius 1 is 1.32 bits per heavy atom. The summed E-state index contributed by atoms with van der Waals surface area (Å²) >= 11 is 0. The standard InChI is InChI=1S/C23H27N3O2/c1-16-4-6-19(7-5-16)23(27)28-11-3-9-26-10-8-20-13-18(12-17(2)25)14-21(15-24)22(20)26/h4-7,13-14,17H,3,8-12,25H2,1-2H3/t17-/m1/s1. The largest absolute Gasteiger partial charge is 0.462 e. The molecule has 5 nitrogen and oxygen atoms in total. The third kappa shape index (κ3) is 4.71. The molecule has 0 fully saturated rings. The maximum absolute atomic E-state index is 12.1. The van der Waals surface area contributed by atoms with E-state index in [1.165, 1.54) is 5.56 Å². The first-order valence-electron chi connectivity index (χ1n) is 9.78. The Kier molecular flexibility index (Phi) is 6.33. The number of hydrogen-bond donors (Lipinski definition) is 1. The molecule has 5 heteroatoms. The third-order valence-corrected chi connectivity index (χ3v) is 4.99. The van der Waals surface area contributed by atoms with Crippen molar-refractivity contribution in [3.63, 3.8) is 0 Å². The predicted octanol–water partition coefficient (Wildman–Crippen LogP) is 3.37. The SMILES string of the molecule is Cc1ccc(C(=O)OCCCN2CCc3cc(C[C@@H](C)N)cc(C#N)c32)cc1. The summed E-state index contributed by atoms with van der Waals surface area (Å²) in [5.74, 6) is -0.292. The number of benzene rings is 2. The first-order valence-corrected chi connectivity index (χ1v) is 9.78. The molecule has 0 bridgehead atoms. The van der Waals surface area contributed by atoms with E-state index in [1.54, 1.807) is 12.1 Å². The van der Waals surface area contributed by atoms with Crippen LogP contribution in [0.15, 0.2) is 36.4 Å². The monoisotopic (exact) mass is 377 g/mol. The Balaban J connectivity index is 1.57. The van der Waals surface area contributed by atoms with Crippen LogP contribution in [-0.4, -0.2) is 31.7 Å². The van der Waals surface area contributed by atoms with Crippen molar-refractivity contribution >= 4 is 11.7 Å². The van der Waals surface area contributed by atoms with Gasteiger partial charge in [0.1, 0.15) is 6.07 Å². The molecule has 28 heavy (non-hydrogen) atoms. The normalized spacial score (nSPS) is 13.7. The molecule has 1 heterocycles. The number of nitriles is 1. The van der Waals surface area contributed by atoms with Gasteiger partial charge >= 0.3 is 5.97 Å². The molecule has 2 aromatic carbocycles. The van der Waals surface area contributed by atoms with Gasteiger partial charge in [0.25, 0.3) is 0 Å². The van der Waals surface area contributed by atoms with Crippen LogP contribution < -0.4 is 10.6 Å². The fourth-order valence-corrected chi connectivity index (χ4v) is 3.68. The van der Waals surface area contributed by atoms with Crippen LogP contribution in [0.2, 0.25) is 0 Å². The van der Waals surface area contributed by atoms with Crippen LogP contribution in [0.25, 0.3) is 0 Å². The highest BCUT2D eigenvalue weighted by Crippen LogP contribution is 2.33. The predicted molar refractivity (Wildman–Crippen MR) is 111 cm³/mol. The van der Waals surface area contributed by atoms with E-state index < -0.39 is 0 Å². The van der Waals surface area contributed by atoms with Gasteiger partial charge in [-0.3, -0.25) is 0 Å². The number of hydrogen-bond acceptors (Lipinski definition) is 5. The molecule has 0 amide bonds. The van der Waals surface area contributed by atoms with E-state index in [9.17, 15) is 10.1 Å². The second kappa shape index (κ2) is 8.90. The van der Waals surface area contributed by atoms with E-state index in [2.05, 4.69) is 17.0 Å². The van der Waals surface area contributed by atoms with Crippen LogP contribution in [0.1, 0.15) is 46.0 Å². The highest BCUT2D eigenvalue weighted by molar-refractivity contribution is 5.89. The Morgan fingerprint density at radius 3 is 2.75 bits per heavy atom. The van der Waals surface area contributed by atoms with Crippen molar-refractivity contribution in [1.29, 1.82) is 5.26 Å². The van der Waals surface area contributed by atoms with Crippen LogP contribution in [0.3, 0.4) is 0 Å². The second-order valence-electron chi connectivity index (χ2n) is 7.54. The number of nitrogens with zero attached hydrogens (tertiary/aromatic N) is 2. The van der Waals surface area contributed by atoms with Gasteiger partial charge in [-0.2, -0.15) is 5.26 Å². The average Bonchev–Trinajstić information content (AvgIpc) is 3.07. The molecule has 0 saturated carbocycles. The fourth-order valence-electron chi connectivity index (χ4n) is 3.68. The number of carbonyl (C=O) groups excluding carboxylic acids is 1. The van der Waals surface area contributed by atoms with Gasteiger partial charge in [0, 0.05) is 19.1 Å². The van der Waals surface area contributed by atoms with Crippen LogP contribution in [0.4, 0.5) is 5.69 Å². The molecule has 3 rings (SSSR count). The summed E-state index contributed by atoms with van der Waals surface area (Å²) in [6.45, 7) is 5.97. The van der Waals surface area contributed by atoms with Crippen LogP contribution in [0, 0.1) is 18.3 Å². The van der Waals surface area contributed by atoms with E-state index in [4.69, 9.17) is 10.5 Å². The lowest BCUT2D eigenvalue weighted by molar-refractivity contribution is 0.0502. The molecule has 0 aromatic heterocycles. The molecule has 1 aliphatic heterocycles. The topological polar surface area (TPSA) is 79.3 Å². The van der Waals surface area contributed by atoms with E-state index >= 15 is 0 Å². The van der Waals surface area contributed by atoms with Gasteiger partial charge in [-0.05, 0) is 62.4 Å². The lowest BCUT2D eigenvalue weighted by atomic mass is 9.99. The summed E-state index contributed by atoms with van der Waals surface area (Å²) in [6.07, 6.45) is 2.43. The summed E-state index contributed by atoms with van der Waals surface area (Å²) in [7, 11) is 0. The lowest BCUT2D eigenvalue weighted by Crippen LogP contribution is -2.24. The number of aryl methyl sites for hydroxylation is 1. The lowest BCUT2D eigenvalue weighted by Gasteiger charge is -2.21. The fraction of sp³-hybridized carbons (Fsp3) is 0.391. The minimum absolute atomic E-state index is 0.0744. The van der Waals surface area contributed by atoms with E-state index in [1.807, 2.05) is 32.0 Å². The Bertz CT molecular complexity index is 882. The van der Waals surface area contributed by atoms with Gasteiger partial charge in [0.05, 0.1) is 23.4 Å². The van der Waals surface area contributed by atoms with E-state index in [0.717, 1.165) is 49.2 Å². The first kappa shape index (κ1) is 19.9. The summed E-state index contributed by atoms with van der Waals surface area (Å²) in [5.41, 5.74) is 11.7. The minimum atomic E-state index is -0.292. The van der Waals surface area contributed by atoms with Crippen LogP contribution in [-0.2, 0) is 17.6 Å². The van der Waals surface area contributed by atoms with Crippen molar-refractivity contribution in [2.24, 2.45) is 5.73 Å².